The van der Waals surface area contributed by atoms with Crippen molar-refractivity contribution < 1.29 is 9.18 Å². The number of benzene rings is 1. The quantitative estimate of drug-likeness (QED) is 0.814. The van der Waals surface area contributed by atoms with Gasteiger partial charge in [-0.25, -0.2) is 4.39 Å². The maximum Gasteiger partial charge on any atom is 0.254 e. The Hall–Kier alpha value is -0.420. The van der Waals surface area contributed by atoms with Crippen LogP contribution in [0.3, 0.4) is 0 Å². The van der Waals surface area contributed by atoms with Crippen molar-refractivity contribution in [2.75, 3.05) is 11.9 Å². The molecule has 0 saturated heterocycles. The summed E-state index contributed by atoms with van der Waals surface area (Å²) in [6.07, 6.45) is 2.22. The highest BCUT2D eigenvalue weighted by Gasteiger charge is 2.41. The summed E-state index contributed by atoms with van der Waals surface area (Å²) in [6, 6.07) is 4.36. The molecular formula is C12H12Br2FNO. The van der Waals surface area contributed by atoms with Gasteiger partial charge in [0, 0.05) is 16.3 Å². The topological polar surface area (TPSA) is 29.1 Å². The van der Waals surface area contributed by atoms with Crippen LogP contribution in [0.4, 0.5) is 4.39 Å². The molecule has 0 spiro atoms. The number of carbonyl (C=O) groups is 1. The number of halogens is 3. The third-order valence-corrected chi connectivity index (χ3v) is 4.72. The molecule has 2 rings (SSSR count). The van der Waals surface area contributed by atoms with E-state index in [1.165, 1.54) is 12.1 Å². The van der Waals surface area contributed by atoms with Crippen LogP contribution in [-0.2, 0) is 0 Å². The lowest BCUT2D eigenvalue weighted by molar-refractivity contribution is 0.0942. The normalized spacial score (nSPS) is 16.6. The highest BCUT2D eigenvalue weighted by atomic mass is 79.9. The SMILES string of the molecule is O=C(NCC1(CBr)CC1)c1cc(Br)ccc1F. The Morgan fingerprint density at radius 3 is 2.76 bits per heavy atom. The number of hydrogen-bond donors (Lipinski definition) is 1. The molecule has 17 heavy (non-hydrogen) atoms. The molecule has 1 saturated carbocycles. The van der Waals surface area contributed by atoms with Gasteiger partial charge in [-0.1, -0.05) is 31.9 Å². The Morgan fingerprint density at radius 2 is 2.18 bits per heavy atom. The summed E-state index contributed by atoms with van der Waals surface area (Å²) in [5.41, 5.74) is 0.280. The van der Waals surface area contributed by atoms with E-state index in [-0.39, 0.29) is 16.9 Å². The number of rotatable bonds is 4. The first-order valence-electron chi connectivity index (χ1n) is 5.36. The third kappa shape index (κ3) is 3.07. The molecule has 1 amide bonds. The fraction of sp³-hybridized carbons (Fsp3) is 0.417. The van der Waals surface area contributed by atoms with E-state index < -0.39 is 5.82 Å². The van der Waals surface area contributed by atoms with Crippen LogP contribution in [0.5, 0.6) is 0 Å². The molecule has 0 unspecified atom stereocenters. The molecule has 2 nitrogen and oxygen atoms in total. The zero-order chi connectivity index (χ0) is 12.5. The minimum atomic E-state index is -0.491. The summed E-state index contributed by atoms with van der Waals surface area (Å²) in [4.78, 5) is 11.8. The second-order valence-electron chi connectivity index (χ2n) is 4.44. The Bertz CT molecular complexity index is 446. The van der Waals surface area contributed by atoms with Gasteiger partial charge in [-0.15, -0.1) is 0 Å². The van der Waals surface area contributed by atoms with Gasteiger partial charge in [-0.3, -0.25) is 4.79 Å². The molecule has 0 bridgehead atoms. The maximum atomic E-state index is 13.4. The predicted molar refractivity (Wildman–Crippen MR) is 71.9 cm³/mol. The molecule has 1 N–H and O–H groups in total. The lowest BCUT2D eigenvalue weighted by Gasteiger charge is -2.13. The molecule has 0 heterocycles. The third-order valence-electron chi connectivity index (χ3n) is 3.04. The molecule has 1 fully saturated rings. The van der Waals surface area contributed by atoms with E-state index in [1.54, 1.807) is 6.07 Å². The van der Waals surface area contributed by atoms with Crippen molar-refractivity contribution in [3.8, 4) is 0 Å². The Balaban J connectivity index is 2.02. The second kappa shape index (κ2) is 5.06. The average molecular weight is 365 g/mol. The smallest absolute Gasteiger partial charge is 0.254 e. The molecule has 1 aliphatic rings. The van der Waals surface area contributed by atoms with Gasteiger partial charge in [0.05, 0.1) is 5.56 Å². The van der Waals surface area contributed by atoms with Crippen LogP contribution in [0, 0.1) is 11.2 Å². The van der Waals surface area contributed by atoms with Crippen LogP contribution in [-0.4, -0.2) is 17.8 Å². The molecular weight excluding hydrogens is 353 g/mol. The van der Waals surface area contributed by atoms with Crippen LogP contribution >= 0.6 is 31.9 Å². The van der Waals surface area contributed by atoms with Gasteiger partial charge in [0.1, 0.15) is 5.82 Å². The zero-order valence-corrected chi connectivity index (χ0v) is 12.3. The van der Waals surface area contributed by atoms with E-state index >= 15 is 0 Å². The Labute approximate surface area is 116 Å². The van der Waals surface area contributed by atoms with Crippen LogP contribution in [0.15, 0.2) is 22.7 Å². The van der Waals surface area contributed by atoms with Crippen molar-refractivity contribution in [3.05, 3.63) is 34.1 Å². The molecule has 92 valence electrons. The van der Waals surface area contributed by atoms with Gasteiger partial charge in [-0.05, 0) is 36.5 Å². The first kappa shape index (κ1) is 13.0. The molecule has 0 aromatic heterocycles. The van der Waals surface area contributed by atoms with Crippen LogP contribution < -0.4 is 5.32 Å². The van der Waals surface area contributed by atoms with Gasteiger partial charge >= 0.3 is 0 Å². The first-order valence-corrected chi connectivity index (χ1v) is 7.27. The summed E-state index contributed by atoms with van der Waals surface area (Å²) >= 11 is 6.66. The summed E-state index contributed by atoms with van der Waals surface area (Å²) in [5, 5.41) is 3.67. The molecule has 0 radical (unpaired) electrons. The lowest BCUT2D eigenvalue weighted by Crippen LogP contribution is -2.31. The molecule has 0 aliphatic heterocycles. The average Bonchev–Trinajstić information content (AvgIpc) is 3.10. The number of nitrogens with one attached hydrogen (secondary N) is 1. The van der Waals surface area contributed by atoms with E-state index in [0.29, 0.717) is 11.0 Å². The van der Waals surface area contributed by atoms with Crippen molar-refractivity contribution in [2.45, 2.75) is 12.8 Å². The molecule has 5 heteroatoms. The van der Waals surface area contributed by atoms with E-state index in [2.05, 4.69) is 37.2 Å². The number of alkyl halides is 1. The van der Waals surface area contributed by atoms with Gasteiger partial charge in [0.25, 0.3) is 5.91 Å². The van der Waals surface area contributed by atoms with Gasteiger partial charge < -0.3 is 5.32 Å². The Morgan fingerprint density at radius 1 is 1.47 bits per heavy atom. The highest BCUT2D eigenvalue weighted by molar-refractivity contribution is 9.10. The summed E-state index contributed by atoms with van der Waals surface area (Å²) in [5.74, 6) is -0.842. The predicted octanol–water partition coefficient (Wildman–Crippen LogP) is 3.49. The lowest BCUT2D eigenvalue weighted by atomic mass is 10.1. The van der Waals surface area contributed by atoms with Crippen molar-refractivity contribution in [3.63, 3.8) is 0 Å². The Kier molecular flexibility index (Phi) is 3.88. The van der Waals surface area contributed by atoms with E-state index in [1.807, 2.05) is 0 Å². The van der Waals surface area contributed by atoms with Crippen LogP contribution in [0.2, 0.25) is 0 Å². The zero-order valence-electron chi connectivity index (χ0n) is 9.10. The number of carbonyl (C=O) groups excluding carboxylic acids is 1. The maximum absolute atomic E-state index is 13.4. The monoisotopic (exact) mass is 363 g/mol. The number of hydrogen-bond acceptors (Lipinski definition) is 1. The van der Waals surface area contributed by atoms with E-state index in [0.717, 1.165) is 18.2 Å². The van der Waals surface area contributed by atoms with Crippen molar-refractivity contribution in [2.24, 2.45) is 5.41 Å². The van der Waals surface area contributed by atoms with Crippen LogP contribution in [0.25, 0.3) is 0 Å². The van der Waals surface area contributed by atoms with E-state index in [9.17, 15) is 9.18 Å². The van der Waals surface area contributed by atoms with E-state index in [4.69, 9.17) is 0 Å². The minimum absolute atomic E-state index is 0.0877. The first-order chi connectivity index (χ1) is 8.06. The fourth-order valence-electron chi connectivity index (χ4n) is 1.57. The summed E-state index contributed by atoms with van der Waals surface area (Å²) in [7, 11) is 0. The van der Waals surface area contributed by atoms with Crippen LogP contribution in [0.1, 0.15) is 23.2 Å². The molecule has 1 aromatic rings. The standard InChI is InChI=1S/C12H12Br2FNO/c13-6-12(3-4-12)7-16-11(17)9-5-8(14)1-2-10(9)15/h1-2,5H,3-4,6-7H2,(H,16,17). The largest absolute Gasteiger partial charge is 0.351 e. The van der Waals surface area contributed by atoms with Crippen molar-refractivity contribution >= 4 is 37.8 Å². The fourth-order valence-corrected chi connectivity index (χ4v) is 2.69. The molecule has 0 atom stereocenters. The summed E-state index contributed by atoms with van der Waals surface area (Å²) in [6.45, 7) is 0.600. The van der Waals surface area contributed by atoms with Gasteiger partial charge in [-0.2, -0.15) is 0 Å². The van der Waals surface area contributed by atoms with Gasteiger partial charge in [0.2, 0.25) is 0 Å². The molecule has 1 aromatic carbocycles. The number of amides is 1. The molecule has 1 aliphatic carbocycles. The van der Waals surface area contributed by atoms with Crippen molar-refractivity contribution in [1.82, 2.24) is 5.32 Å². The highest BCUT2D eigenvalue weighted by Crippen LogP contribution is 2.46. The second-order valence-corrected chi connectivity index (χ2v) is 5.92. The van der Waals surface area contributed by atoms with Gasteiger partial charge in [0.15, 0.2) is 0 Å². The minimum Gasteiger partial charge on any atom is -0.351 e. The summed E-state index contributed by atoms with van der Waals surface area (Å²) < 4.78 is 14.1. The van der Waals surface area contributed by atoms with Crippen molar-refractivity contribution in [1.29, 1.82) is 0 Å².